The Bertz CT molecular complexity index is 843. The van der Waals surface area contributed by atoms with E-state index in [0.29, 0.717) is 19.6 Å². The zero-order valence-electron chi connectivity index (χ0n) is 15.8. The van der Waals surface area contributed by atoms with Crippen LogP contribution in [0.15, 0.2) is 54.6 Å². The van der Waals surface area contributed by atoms with Gasteiger partial charge in [0.15, 0.2) is 5.79 Å². The summed E-state index contributed by atoms with van der Waals surface area (Å²) in [7, 11) is 1.33. The largest absolute Gasteiger partial charge is 0.467 e. The van der Waals surface area contributed by atoms with Crippen molar-refractivity contribution in [2.75, 3.05) is 26.9 Å². The van der Waals surface area contributed by atoms with Crippen molar-refractivity contribution in [2.24, 2.45) is 0 Å². The number of ether oxygens (including phenoxy) is 3. The van der Waals surface area contributed by atoms with Crippen LogP contribution >= 0.6 is 0 Å². The summed E-state index contributed by atoms with van der Waals surface area (Å²) < 4.78 is 16.3. The SMILES string of the molecule is COC(=O)[C@@H]1CC2(CN1C(=O)Cc1ccc(-c3ccccc3)cc1)OCCO2. The van der Waals surface area contributed by atoms with Gasteiger partial charge in [0.25, 0.3) is 0 Å². The van der Waals surface area contributed by atoms with E-state index in [0.717, 1.165) is 16.7 Å². The number of nitrogens with zero attached hydrogens (tertiary/aromatic N) is 1. The molecule has 0 saturated carbocycles. The minimum absolute atomic E-state index is 0.140. The summed E-state index contributed by atoms with van der Waals surface area (Å²) >= 11 is 0. The maximum Gasteiger partial charge on any atom is 0.328 e. The Balaban J connectivity index is 1.48. The molecule has 0 N–H and O–H groups in total. The smallest absolute Gasteiger partial charge is 0.328 e. The lowest BCUT2D eigenvalue weighted by Gasteiger charge is -2.23. The van der Waals surface area contributed by atoms with E-state index in [2.05, 4.69) is 0 Å². The number of likely N-dealkylation sites (tertiary alicyclic amines) is 1. The van der Waals surface area contributed by atoms with Gasteiger partial charge in [0.2, 0.25) is 5.91 Å². The molecule has 0 aliphatic carbocycles. The number of rotatable bonds is 4. The third-order valence-corrected chi connectivity index (χ3v) is 5.32. The van der Waals surface area contributed by atoms with Crippen molar-refractivity contribution >= 4 is 11.9 Å². The van der Waals surface area contributed by atoms with Crippen LogP contribution in [0.5, 0.6) is 0 Å². The Morgan fingerprint density at radius 2 is 1.68 bits per heavy atom. The Morgan fingerprint density at radius 1 is 1.04 bits per heavy atom. The van der Waals surface area contributed by atoms with Gasteiger partial charge in [-0.3, -0.25) is 4.79 Å². The number of amides is 1. The van der Waals surface area contributed by atoms with Gasteiger partial charge in [-0.1, -0.05) is 54.6 Å². The summed E-state index contributed by atoms with van der Waals surface area (Å²) in [5, 5.41) is 0. The molecular weight excluding hydrogens is 358 g/mol. The molecule has 6 nitrogen and oxygen atoms in total. The minimum Gasteiger partial charge on any atom is -0.467 e. The van der Waals surface area contributed by atoms with Gasteiger partial charge in [-0.25, -0.2) is 4.79 Å². The summed E-state index contributed by atoms with van der Waals surface area (Å²) in [4.78, 5) is 26.7. The second-order valence-electron chi connectivity index (χ2n) is 7.11. The van der Waals surface area contributed by atoms with E-state index in [4.69, 9.17) is 14.2 Å². The lowest BCUT2D eigenvalue weighted by molar-refractivity contribution is -0.152. The zero-order valence-corrected chi connectivity index (χ0v) is 15.8. The quantitative estimate of drug-likeness (QED) is 0.761. The van der Waals surface area contributed by atoms with Crippen LogP contribution in [0, 0.1) is 0 Å². The molecule has 4 rings (SSSR count). The maximum absolute atomic E-state index is 12.9. The molecule has 0 unspecified atom stereocenters. The molecule has 2 aromatic rings. The van der Waals surface area contributed by atoms with E-state index in [1.807, 2.05) is 54.6 Å². The predicted molar refractivity (Wildman–Crippen MR) is 102 cm³/mol. The fraction of sp³-hybridized carbons (Fsp3) is 0.364. The second kappa shape index (κ2) is 7.73. The van der Waals surface area contributed by atoms with Gasteiger partial charge < -0.3 is 19.1 Å². The summed E-state index contributed by atoms with van der Waals surface area (Å²) in [6, 6.07) is 17.3. The van der Waals surface area contributed by atoms with E-state index >= 15 is 0 Å². The molecule has 6 heteroatoms. The van der Waals surface area contributed by atoms with E-state index in [1.54, 1.807) is 0 Å². The molecule has 2 aromatic carbocycles. The number of methoxy groups -OCH3 is 1. The highest BCUT2D eigenvalue weighted by molar-refractivity contribution is 5.86. The van der Waals surface area contributed by atoms with Gasteiger partial charge in [-0.2, -0.15) is 0 Å². The van der Waals surface area contributed by atoms with Crippen molar-refractivity contribution in [2.45, 2.75) is 24.7 Å². The lowest BCUT2D eigenvalue weighted by Crippen LogP contribution is -2.42. The molecule has 2 heterocycles. The van der Waals surface area contributed by atoms with Crippen LogP contribution in [0.4, 0.5) is 0 Å². The molecule has 1 amide bonds. The van der Waals surface area contributed by atoms with Gasteiger partial charge in [0.1, 0.15) is 6.04 Å². The Labute approximate surface area is 164 Å². The number of carbonyl (C=O) groups is 2. The summed E-state index contributed by atoms with van der Waals surface area (Å²) in [5.74, 6) is -1.46. The molecule has 2 fully saturated rings. The van der Waals surface area contributed by atoms with Gasteiger partial charge >= 0.3 is 5.97 Å². The highest BCUT2D eigenvalue weighted by atomic mass is 16.7. The predicted octanol–water partition coefficient (Wildman–Crippen LogP) is 2.41. The monoisotopic (exact) mass is 381 g/mol. The first kappa shape index (κ1) is 18.7. The number of esters is 1. The topological polar surface area (TPSA) is 65.1 Å². The van der Waals surface area contributed by atoms with Crippen LogP contribution < -0.4 is 0 Å². The van der Waals surface area contributed by atoms with E-state index < -0.39 is 17.8 Å². The fourth-order valence-corrected chi connectivity index (χ4v) is 3.88. The molecule has 2 aliphatic heterocycles. The summed E-state index contributed by atoms with van der Waals surface area (Å²) in [6.45, 7) is 1.18. The summed E-state index contributed by atoms with van der Waals surface area (Å²) in [6.07, 6.45) is 0.511. The van der Waals surface area contributed by atoms with Crippen LogP contribution in [0.25, 0.3) is 11.1 Å². The first-order valence-corrected chi connectivity index (χ1v) is 9.40. The standard InChI is InChI=1S/C22H23NO5/c1-26-21(25)19-14-22(27-11-12-28-22)15-23(19)20(24)13-16-7-9-18(10-8-16)17-5-3-2-4-6-17/h2-10,19H,11-15H2,1H3/t19-/m0/s1. The molecule has 1 atom stereocenters. The Kier molecular flexibility index (Phi) is 5.15. The van der Waals surface area contributed by atoms with Gasteiger partial charge in [-0.05, 0) is 16.7 Å². The average molecular weight is 381 g/mol. The number of carbonyl (C=O) groups excluding carboxylic acids is 2. The van der Waals surface area contributed by atoms with Crippen LogP contribution in [0.1, 0.15) is 12.0 Å². The second-order valence-corrected chi connectivity index (χ2v) is 7.11. The van der Waals surface area contributed by atoms with Crippen molar-refractivity contribution < 1.29 is 23.8 Å². The number of hydrogen-bond acceptors (Lipinski definition) is 5. The first-order valence-electron chi connectivity index (χ1n) is 9.40. The average Bonchev–Trinajstić information content (AvgIpc) is 3.36. The molecule has 146 valence electrons. The third-order valence-electron chi connectivity index (χ3n) is 5.32. The zero-order chi connectivity index (χ0) is 19.6. The van der Waals surface area contributed by atoms with Crippen molar-refractivity contribution in [3.8, 4) is 11.1 Å². The van der Waals surface area contributed by atoms with Crippen LogP contribution in [0.2, 0.25) is 0 Å². The maximum atomic E-state index is 12.9. The van der Waals surface area contributed by atoms with E-state index in [-0.39, 0.29) is 18.9 Å². The molecule has 0 radical (unpaired) electrons. The van der Waals surface area contributed by atoms with Gasteiger partial charge in [0, 0.05) is 6.42 Å². The highest BCUT2D eigenvalue weighted by Gasteiger charge is 2.52. The fourth-order valence-electron chi connectivity index (χ4n) is 3.88. The first-order chi connectivity index (χ1) is 13.6. The minimum atomic E-state index is -0.883. The van der Waals surface area contributed by atoms with Crippen molar-refractivity contribution in [3.05, 3.63) is 60.2 Å². The van der Waals surface area contributed by atoms with Gasteiger partial charge in [0.05, 0.1) is 33.3 Å². The van der Waals surface area contributed by atoms with E-state index in [1.165, 1.54) is 12.0 Å². The normalized spacial score (nSPS) is 20.5. The Hall–Kier alpha value is -2.70. The molecule has 2 aliphatic rings. The molecule has 1 spiro atoms. The molecule has 2 saturated heterocycles. The molecule has 28 heavy (non-hydrogen) atoms. The van der Waals surface area contributed by atoms with Crippen LogP contribution in [0.3, 0.4) is 0 Å². The number of hydrogen-bond donors (Lipinski definition) is 0. The third kappa shape index (κ3) is 3.66. The van der Waals surface area contributed by atoms with Crippen LogP contribution in [-0.2, 0) is 30.2 Å². The van der Waals surface area contributed by atoms with E-state index in [9.17, 15) is 9.59 Å². The van der Waals surface area contributed by atoms with Crippen LogP contribution in [-0.4, -0.2) is 55.5 Å². The highest BCUT2D eigenvalue weighted by Crippen LogP contribution is 2.35. The van der Waals surface area contributed by atoms with Crippen molar-refractivity contribution in [1.29, 1.82) is 0 Å². The summed E-state index contributed by atoms with van der Waals surface area (Å²) in [5.41, 5.74) is 3.11. The number of benzene rings is 2. The Morgan fingerprint density at radius 3 is 2.32 bits per heavy atom. The van der Waals surface area contributed by atoms with Crippen molar-refractivity contribution in [3.63, 3.8) is 0 Å². The molecule has 0 aromatic heterocycles. The van der Waals surface area contributed by atoms with Crippen molar-refractivity contribution in [1.82, 2.24) is 4.90 Å². The molecular formula is C22H23NO5. The molecule has 0 bridgehead atoms. The van der Waals surface area contributed by atoms with Gasteiger partial charge in [-0.15, -0.1) is 0 Å². The lowest BCUT2D eigenvalue weighted by atomic mass is 10.0.